The molecule has 0 radical (unpaired) electrons. The lowest BCUT2D eigenvalue weighted by molar-refractivity contribution is 0.0931. The van der Waals surface area contributed by atoms with Crippen LogP contribution in [0.2, 0.25) is 5.02 Å². The van der Waals surface area contributed by atoms with Crippen molar-refractivity contribution in [3.05, 3.63) is 45.6 Å². The van der Waals surface area contributed by atoms with Crippen LogP contribution in [0.15, 0.2) is 33.7 Å². The Labute approximate surface area is 118 Å². The second-order valence-electron chi connectivity index (χ2n) is 3.90. The first-order chi connectivity index (χ1) is 8.49. The Balaban J connectivity index is 2.36. The first-order valence-electron chi connectivity index (χ1n) is 5.29. The molecule has 0 aliphatic rings. The fraction of sp³-hybridized carbons (Fsp3) is 0.154. The molecule has 2 aromatic rings. The highest BCUT2D eigenvalue weighted by Crippen LogP contribution is 2.27. The molecular weight excluding hydrogens is 318 g/mol. The van der Waals surface area contributed by atoms with E-state index in [9.17, 15) is 4.79 Å². The summed E-state index contributed by atoms with van der Waals surface area (Å²) in [4.78, 5) is 11.9. The van der Waals surface area contributed by atoms with Crippen LogP contribution in [0.3, 0.4) is 0 Å². The number of carbonyl (C=O) groups excluding carboxylic acids is 1. The zero-order valence-electron chi connectivity index (χ0n) is 9.72. The molecule has 1 aromatic heterocycles. The Kier molecular flexibility index (Phi) is 3.78. The standard InChI is InChI=1S/C13H11BrClNO2/c1-7(14)6-16-13(17)12-8(2)10-5-9(15)3-4-11(10)18-12/h3-5H,1,6H2,2H3,(H,16,17). The van der Waals surface area contributed by atoms with Gasteiger partial charge in [0.05, 0.1) is 0 Å². The van der Waals surface area contributed by atoms with Crippen LogP contribution >= 0.6 is 27.5 Å². The average molecular weight is 329 g/mol. The summed E-state index contributed by atoms with van der Waals surface area (Å²) in [7, 11) is 0. The molecule has 1 aromatic carbocycles. The van der Waals surface area contributed by atoms with Crippen LogP contribution in [0, 0.1) is 6.92 Å². The summed E-state index contributed by atoms with van der Waals surface area (Å²) in [5.41, 5.74) is 1.44. The van der Waals surface area contributed by atoms with Gasteiger partial charge in [-0.15, -0.1) is 0 Å². The molecule has 0 saturated heterocycles. The molecular formula is C13H11BrClNO2. The van der Waals surface area contributed by atoms with Crippen molar-refractivity contribution in [3.8, 4) is 0 Å². The minimum absolute atomic E-state index is 0.263. The van der Waals surface area contributed by atoms with Crippen LogP contribution in [-0.4, -0.2) is 12.5 Å². The lowest BCUT2D eigenvalue weighted by Gasteiger charge is -2.01. The van der Waals surface area contributed by atoms with Crippen molar-refractivity contribution >= 4 is 44.4 Å². The third-order valence-corrected chi connectivity index (χ3v) is 3.06. The van der Waals surface area contributed by atoms with E-state index >= 15 is 0 Å². The van der Waals surface area contributed by atoms with Gasteiger partial charge in [0.25, 0.3) is 5.91 Å². The van der Waals surface area contributed by atoms with Crippen molar-refractivity contribution in [1.82, 2.24) is 5.32 Å². The summed E-state index contributed by atoms with van der Waals surface area (Å²) in [6, 6.07) is 5.27. The largest absolute Gasteiger partial charge is 0.451 e. The highest BCUT2D eigenvalue weighted by Gasteiger charge is 2.17. The van der Waals surface area contributed by atoms with Gasteiger partial charge in [0.1, 0.15) is 5.58 Å². The smallest absolute Gasteiger partial charge is 0.287 e. The number of fused-ring (bicyclic) bond motifs is 1. The van der Waals surface area contributed by atoms with E-state index in [0.29, 0.717) is 27.4 Å². The van der Waals surface area contributed by atoms with E-state index < -0.39 is 0 Å². The van der Waals surface area contributed by atoms with Crippen LogP contribution in [0.1, 0.15) is 16.1 Å². The predicted molar refractivity (Wildman–Crippen MR) is 76.4 cm³/mol. The third-order valence-electron chi connectivity index (χ3n) is 2.55. The van der Waals surface area contributed by atoms with Gasteiger partial charge >= 0.3 is 0 Å². The number of benzene rings is 1. The molecule has 1 heterocycles. The summed E-state index contributed by atoms with van der Waals surface area (Å²) in [5.74, 6) is 0.0430. The van der Waals surface area contributed by atoms with Crippen molar-refractivity contribution < 1.29 is 9.21 Å². The van der Waals surface area contributed by atoms with Gasteiger partial charge in [-0.3, -0.25) is 4.79 Å². The first-order valence-corrected chi connectivity index (χ1v) is 6.46. The number of carbonyl (C=O) groups is 1. The van der Waals surface area contributed by atoms with Gasteiger partial charge in [0.2, 0.25) is 0 Å². The highest BCUT2D eigenvalue weighted by atomic mass is 79.9. The quantitative estimate of drug-likeness (QED) is 0.924. The maximum atomic E-state index is 11.9. The lowest BCUT2D eigenvalue weighted by Crippen LogP contribution is -2.24. The minimum atomic E-state index is -0.263. The van der Waals surface area contributed by atoms with Gasteiger partial charge in [0, 0.05) is 27.0 Å². The van der Waals surface area contributed by atoms with Crippen LogP contribution in [0.5, 0.6) is 0 Å². The van der Waals surface area contributed by atoms with Crippen LogP contribution in [0.25, 0.3) is 11.0 Å². The maximum absolute atomic E-state index is 11.9. The zero-order chi connectivity index (χ0) is 13.3. The Bertz CT molecular complexity index is 633. The Hall–Kier alpha value is -1.26. The number of amides is 1. The van der Waals surface area contributed by atoms with E-state index in [1.54, 1.807) is 18.2 Å². The predicted octanol–water partition coefficient (Wildman–Crippen LogP) is 4.03. The molecule has 0 spiro atoms. The molecule has 0 unspecified atom stereocenters. The van der Waals surface area contributed by atoms with Crippen LogP contribution in [-0.2, 0) is 0 Å². The van der Waals surface area contributed by atoms with Gasteiger partial charge in [0.15, 0.2) is 5.76 Å². The van der Waals surface area contributed by atoms with E-state index in [1.165, 1.54) is 0 Å². The second kappa shape index (κ2) is 5.16. The fourth-order valence-electron chi connectivity index (χ4n) is 1.67. The van der Waals surface area contributed by atoms with Gasteiger partial charge in [-0.25, -0.2) is 0 Å². The fourth-order valence-corrected chi connectivity index (χ4v) is 1.98. The molecule has 0 aliphatic carbocycles. The van der Waals surface area contributed by atoms with Crippen molar-refractivity contribution in [3.63, 3.8) is 0 Å². The van der Waals surface area contributed by atoms with E-state index in [4.69, 9.17) is 16.0 Å². The number of hydrogen-bond donors (Lipinski definition) is 1. The van der Waals surface area contributed by atoms with Gasteiger partial charge in [-0.2, -0.15) is 0 Å². The minimum Gasteiger partial charge on any atom is -0.451 e. The van der Waals surface area contributed by atoms with Crippen LogP contribution in [0.4, 0.5) is 0 Å². The summed E-state index contributed by atoms with van der Waals surface area (Å²) < 4.78 is 6.23. The SMILES string of the molecule is C=C(Br)CNC(=O)c1oc2ccc(Cl)cc2c1C. The molecule has 0 bridgehead atoms. The summed E-state index contributed by atoms with van der Waals surface area (Å²) >= 11 is 9.10. The molecule has 0 saturated carbocycles. The van der Waals surface area contributed by atoms with Gasteiger partial charge in [-0.1, -0.05) is 34.1 Å². The van der Waals surface area contributed by atoms with Crippen molar-refractivity contribution in [1.29, 1.82) is 0 Å². The second-order valence-corrected chi connectivity index (χ2v) is 5.45. The van der Waals surface area contributed by atoms with Crippen molar-refractivity contribution in [2.75, 3.05) is 6.54 Å². The van der Waals surface area contributed by atoms with Crippen molar-refractivity contribution in [2.45, 2.75) is 6.92 Å². The van der Waals surface area contributed by atoms with E-state index in [-0.39, 0.29) is 5.91 Å². The molecule has 1 amide bonds. The topological polar surface area (TPSA) is 42.2 Å². The number of halogens is 2. The Morgan fingerprint density at radius 1 is 1.56 bits per heavy atom. The highest BCUT2D eigenvalue weighted by molar-refractivity contribution is 9.11. The molecule has 1 N–H and O–H groups in total. The molecule has 0 atom stereocenters. The Morgan fingerprint density at radius 2 is 2.28 bits per heavy atom. The summed E-state index contributed by atoms with van der Waals surface area (Å²) in [5, 5.41) is 4.17. The normalized spacial score (nSPS) is 10.6. The number of nitrogens with one attached hydrogen (secondary N) is 1. The molecule has 0 aliphatic heterocycles. The summed E-state index contributed by atoms with van der Waals surface area (Å²) in [6.45, 7) is 5.84. The lowest BCUT2D eigenvalue weighted by atomic mass is 10.1. The summed E-state index contributed by atoms with van der Waals surface area (Å²) in [6.07, 6.45) is 0. The molecule has 2 rings (SSSR count). The average Bonchev–Trinajstić information content (AvgIpc) is 2.64. The first kappa shape index (κ1) is 13.2. The number of aryl methyl sites for hydroxylation is 1. The third kappa shape index (κ3) is 2.60. The maximum Gasteiger partial charge on any atom is 0.287 e. The number of rotatable bonds is 3. The molecule has 18 heavy (non-hydrogen) atoms. The molecule has 94 valence electrons. The zero-order valence-corrected chi connectivity index (χ0v) is 12.1. The van der Waals surface area contributed by atoms with Crippen molar-refractivity contribution in [2.24, 2.45) is 0 Å². The van der Waals surface area contributed by atoms with E-state index in [0.717, 1.165) is 10.9 Å². The number of hydrogen-bond acceptors (Lipinski definition) is 2. The van der Waals surface area contributed by atoms with Gasteiger partial charge in [-0.05, 0) is 25.1 Å². The molecule has 3 nitrogen and oxygen atoms in total. The van der Waals surface area contributed by atoms with Crippen LogP contribution < -0.4 is 5.32 Å². The molecule has 0 fully saturated rings. The number of furan rings is 1. The molecule has 5 heteroatoms. The van der Waals surface area contributed by atoms with Gasteiger partial charge < -0.3 is 9.73 Å². The van der Waals surface area contributed by atoms with E-state index in [2.05, 4.69) is 27.8 Å². The van der Waals surface area contributed by atoms with E-state index in [1.807, 2.05) is 6.92 Å². The monoisotopic (exact) mass is 327 g/mol. The Morgan fingerprint density at radius 3 is 2.94 bits per heavy atom.